The second-order valence-electron chi connectivity index (χ2n) is 6.08. The van der Waals surface area contributed by atoms with E-state index in [1.54, 1.807) is 54.7 Å². The molecule has 138 valence electrons. The Morgan fingerprint density at radius 3 is 2.56 bits per heavy atom. The highest BCUT2D eigenvalue weighted by Crippen LogP contribution is 2.10. The Bertz CT molecular complexity index is 886. The lowest BCUT2D eigenvalue weighted by atomic mass is 10.2. The lowest BCUT2D eigenvalue weighted by molar-refractivity contribution is 0.0789. The summed E-state index contributed by atoms with van der Waals surface area (Å²) in [5.41, 5.74) is 1.92. The Kier molecular flexibility index (Phi) is 6.04. The monoisotopic (exact) mass is 365 g/mol. The van der Waals surface area contributed by atoms with Crippen LogP contribution in [0.25, 0.3) is 0 Å². The quantitative estimate of drug-likeness (QED) is 0.697. The van der Waals surface area contributed by atoms with Gasteiger partial charge in [-0.2, -0.15) is 0 Å². The molecule has 3 rings (SSSR count). The van der Waals surface area contributed by atoms with Gasteiger partial charge in [-0.15, -0.1) is 10.2 Å². The number of hydrogen-bond donors (Lipinski definition) is 1. The lowest BCUT2D eigenvalue weighted by Crippen LogP contribution is -2.29. The second-order valence-corrected chi connectivity index (χ2v) is 6.08. The van der Waals surface area contributed by atoms with Crippen molar-refractivity contribution in [1.82, 2.24) is 20.1 Å². The van der Waals surface area contributed by atoms with Gasteiger partial charge in [0.1, 0.15) is 11.6 Å². The SMILES string of the molecule is CN(CCc1ccncc1)C(=O)c1ccc(NCc2ccccc2F)nn1. The Labute approximate surface area is 157 Å². The van der Waals surface area contributed by atoms with E-state index in [4.69, 9.17) is 0 Å². The van der Waals surface area contributed by atoms with E-state index in [1.807, 2.05) is 12.1 Å². The normalized spacial score (nSPS) is 10.4. The van der Waals surface area contributed by atoms with Crippen molar-refractivity contribution in [3.05, 3.63) is 83.6 Å². The van der Waals surface area contributed by atoms with Gasteiger partial charge in [-0.1, -0.05) is 18.2 Å². The fraction of sp³-hybridized carbons (Fsp3) is 0.200. The maximum absolute atomic E-state index is 13.6. The van der Waals surface area contributed by atoms with Gasteiger partial charge in [0.25, 0.3) is 5.91 Å². The number of rotatable bonds is 7. The molecule has 2 heterocycles. The minimum Gasteiger partial charge on any atom is -0.364 e. The molecule has 0 aliphatic rings. The Morgan fingerprint density at radius 1 is 1.07 bits per heavy atom. The summed E-state index contributed by atoms with van der Waals surface area (Å²) in [5.74, 6) is 0.00651. The topological polar surface area (TPSA) is 71.0 Å². The molecule has 6 nitrogen and oxygen atoms in total. The molecule has 0 atom stereocenters. The number of nitrogens with one attached hydrogen (secondary N) is 1. The summed E-state index contributed by atoms with van der Waals surface area (Å²) in [4.78, 5) is 18.0. The number of anilines is 1. The number of aromatic nitrogens is 3. The number of carbonyl (C=O) groups is 1. The highest BCUT2D eigenvalue weighted by molar-refractivity contribution is 5.92. The highest BCUT2D eigenvalue weighted by Gasteiger charge is 2.14. The van der Waals surface area contributed by atoms with Gasteiger partial charge in [-0.3, -0.25) is 9.78 Å². The molecule has 1 aromatic carbocycles. The molecule has 0 fully saturated rings. The lowest BCUT2D eigenvalue weighted by Gasteiger charge is -2.16. The molecule has 0 aliphatic heterocycles. The first-order chi connectivity index (χ1) is 13.1. The van der Waals surface area contributed by atoms with Gasteiger partial charge in [-0.05, 0) is 42.3 Å². The maximum atomic E-state index is 13.6. The largest absolute Gasteiger partial charge is 0.364 e. The number of nitrogens with zero attached hydrogens (tertiary/aromatic N) is 4. The maximum Gasteiger partial charge on any atom is 0.274 e. The summed E-state index contributed by atoms with van der Waals surface area (Å²) >= 11 is 0. The Hall–Kier alpha value is -3.35. The molecule has 7 heteroatoms. The van der Waals surface area contributed by atoms with Crippen LogP contribution < -0.4 is 5.32 Å². The summed E-state index contributed by atoms with van der Waals surface area (Å²) < 4.78 is 13.6. The van der Waals surface area contributed by atoms with Gasteiger partial charge in [0.05, 0.1) is 0 Å². The van der Waals surface area contributed by atoms with Crippen LogP contribution in [0.2, 0.25) is 0 Å². The van der Waals surface area contributed by atoms with E-state index >= 15 is 0 Å². The van der Waals surface area contributed by atoms with E-state index in [0.717, 1.165) is 12.0 Å². The zero-order chi connectivity index (χ0) is 19.1. The van der Waals surface area contributed by atoms with Crippen LogP contribution in [0.5, 0.6) is 0 Å². The molecule has 3 aromatic rings. The average molecular weight is 365 g/mol. The van der Waals surface area contributed by atoms with E-state index in [9.17, 15) is 9.18 Å². The summed E-state index contributed by atoms with van der Waals surface area (Å²) in [6.07, 6.45) is 4.20. The summed E-state index contributed by atoms with van der Waals surface area (Å²) in [6, 6.07) is 13.7. The zero-order valence-electron chi connectivity index (χ0n) is 15.0. The molecule has 0 aliphatic carbocycles. The number of amides is 1. The molecule has 0 bridgehead atoms. The van der Waals surface area contributed by atoms with Crippen LogP contribution in [0.4, 0.5) is 10.2 Å². The summed E-state index contributed by atoms with van der Waals surface area (Å²) in [5, 5.41) is 11.0. The number of hydrogen-bond acceptors (Lipinski definition) is 5. The van der Waals surface area contributed by atoms with Crippen LogP contribution in [0.15, 0.2) is 60.9 Å². The molecule has 0 spiro atoms. The molecule has 0 unspecified atom stereocenters. The average Bonchev–Trinajstić information content (AvgIpc) is 2.72. The predicted octanol–water partition coefficient (Wildman–Crippen LogP) is 2.94. The molecule has 0 saturated carbocycles. The van der Waals surface area contributed by atoms with Crippen molar-refractivity contribution in [1.29, 1.82) is 0 Å². The van der Waals surface area contributed by atoms with E-state index < -0.39 is 0 Å². The molecule has 1 N–H and O–H groups in total. The number of carbonyl (C=O) groups excluding carboxylic acids is 1. The Morgan fingerprint density at radius 2 is 1.85 bits per heavy atom. The first-order valence-corrected chi connectivity index (χ1v) is 8.59. The molecule has 0 saturated heterocycles. The number of pyridine rings is 1. The van der Waals surface area contributed by atoms with Gasteiger partial charge in [0.2, 0.25) is 0 Å². The van der Waals surface area contributed by atoms with Crippen LogP contribution in [0, 0.1) is 5.82 Å². The molecular weight excluding hydrogens is 345 g/mol. The van der Waals surface area contributed by atoms with Gasteiger partial charge in [-0.25, -0.2) is 4.39 Å². The Balaban J connectivity index is 1.54. The van der Waals surface area contributed by atoms with Crippen molar-refractivity contribution in [2.45, 2.75) is 13.0 Å². The van der Waals surface area contributed by atoms with Crippen LogP contribution in [0.3, 0.4) is 0 Å². The molecular formula is C20H20FN5O. The number of halogens is 1. The minimum atomic E-state index is -0.277. The van der Waals surface area contributed by atoms with Gasteiger partial charge >= 0.3 is 0 Å². The minimum absolute atomic E-state index is 0.197. The zero-order valence-corrected chi connectivity index (χ0v) is 15.0. The van der Waals surface area contributed by atoms with E-state index in [0.29, 0.717) is 24.5 Å². The van der Waals surface area contributed by atoms with Crippen molar-refractivity contribution in [3.8, 4) is 0 Å². The van der Waals surface area contributed by atoms with Crippen LogP contribution in [-0.4, -0.2) is 39.6 Å². The van der Waals surface area contributed by atoms with Crippen molar-refractivity contribution >= 4 is 11.7 Å². The third-order valence-electron chi connectivity index (χ3n) is 4.13. The van der Waals surface area contributed by atoms with E-state index in [-0.39, 0.29) is 17.4 Å². The smallest absolute Gasteiger partial charge is 0.274 e. The number of likely N-dealkylation sites (N-methyl/N-ethyl adjacent to an activating group) is 1. The van der Waals surface area contributed by atoms with Crippen molar-refractivity contribution in [2.75, 3.05) is 18.9 Å². The van der Waals surface area contributed by atoms with Crippen LogP contribution >= 0.6 is 0 Å². The fourth-order valence-electron chi connectivity index (χ4n) is 2.51. The predicted molar refractivity (Wildman–Crippen MR) is 101 cm³/mol. The third-order valence-corrected chi connectivity index (χ3v) is 4.13. The molecule has 27 heavy (non-hydrogen) atoms. The van der Waals surface area contributed by atoms with Crippen LogP contribution in [-0.2, 0) is 13.0 Å². The van der Waals surface area contributed by atoms with Crippen molar-refractivity contribution < 1.29 is 9.18 Å². The number of benzene rings is 1. The first-order valence-electron chi connectivity index (χ1n) is 8.59. The van der Waals surface area contributed by atoms with Gasteiger partial charge in [0.15, 0.2) is 5.69 Å². The second kappa shape index (κ2) is 8.84. The van der Waals surface area contributed by atoms with E-state index in [1.165, 1.54) is 6.07 Å². The first kappa shape index (κ1) is 18.4. The van der Waals surface area contributed by atoms with Gasteiger partial charge < -0.3 is 10.2 Å². The molecule has 0 radical (unpaired) electrons. The van der Waals surface area contributed by atoms with E-state index in [2.05, 4.69) is 20.5 Å². The fourth-order valence-corrected chi connectivity index (χ4v) is 2.51. The molecule has 2 aromatic heterocycles. The van der Waals surface area contributed by atoms with Crippen molar-refractivity contribution in [3.63, 3.8) is 0 Å². The van der Waals surface area contributed by atoms with Crippen molar-refractivity contribution in [2.24, 2.45) is 0 Å². The highest BCUT2D eigenvalue weighted by atomic mass is 19.1. The molecule has 1 amide bonds. The van der Waals surface area contributed by atoms with Gasteiger partial charge in [0, 0.05) is 38.1 Å². The standard InChI is InChI=1S/C20H20FN5O/c1-26(13-10-15-8-11-22-12-9-15)20(27)18-6-7-19(25-24-18)23-14-16-4-2-3-5-17(16)21/h2-9,11-12H,10,13-14H2,1H3,(H,23,25). The summed E-state index contributed by atoms with van der Waals surface area (Å²) in [7, 11) is 1.73. The summed E-state index contributed by atoms with van der Waals surface area (Å²) in [6.45, 7) is 0.859. The third kappa shape index (κ3) is 5.07. The van der Waals surface area contributed by atoms with Crippen LogP contribution in [0.1, 0.15) is 21.6 Å².